The summed E-state index contributed by atoms with van der Waals surface area (Å²) in [6.07, 6.45) is 2.16. The van der Waals surface area contributed by atoms with Gasteiger partial charge in [0.25, 0.3) is 0 Å². The molecule has 0 bridgehead atoms. The van der Waals surface area contributed by atoms with E-state index in [1.165, 1.54) is 87.2 Å². The summed E-state index contributed by atoms with van der Waals surface area (Å²) >= 11 is 0. The number of fused-ring (bicyclic) bond motifs is 5. The fourth-order valence-corrected chi connectivity index (χ4v) is 8.66. The quantitative estimate of drug-likeness (QED) is 0.174. The highest BCUT2D eigenvalue weighted by atomic mass is 16.5. The zero-order chi connectivity index (χ0) is 33.0. The molecule has 0 spiro atoms. The zero-order valence-electron chi connectivity index (χ0n) is 27.9. The lowest BCUT2D eigenvalue weighted by atomic mass is 9.83. The summed E-state index contributed by atoms with van der Waals surface area (Å²) in [5, 5.41) is 12.9. The molecule has 238 valence electrons. The van der Waals surface area contributed by atoms with E-state index in [0.717, 1.165) is 12.8 Å². The highest BCUT2D eigenvalue weighted by Crippen LogP contribution is 2.44. The van der Waals surface area contributed by atoms with Gasteiger partial charge in [-0.25, -0.2) is 0 Å². The molecule has 0 saturated carbocycles. The maximum Gasteiger partial charge on any atom is 0.0831 e. The van der Waals surface area contributed by atoms with Gasteiger partial charge >= 0.3 is 0 Å². The molecule has 1 nitrogen and oxygen atoms in total. The molecule has 1 saturated heterocycles. The van der Waals surface area contributed by atoms with Gasteiger partial charge in [-0.2, -0.15) is 0 Å². The Morgan fingerprint density at radius 3 is 1.52 bits per heavy atom. The van der Waals surface area contributed by atoms with Crippen LogP contribution in [-0.4, -0.2) is 6.61 Å². The lowest BCUT2D eigenvalue weighted by Gasteiger charge is -2.31. The SMILES string of the molecule is c1ccc2cc3c(-c4ccc(C5CCC(c6ccc(-c7cccc8ccccc78)c7ccccc67)OC5)c5ccccc45)cccc3cc2c1. The summed E-state index contributed by atoms with van der Waals surface area (Å²) in [7, 11) is 0. The maximum atomic E-state index is 6.82. The van der Waals surface area contributed by atoms with Crippen LogP contribution in [-0.2, 0) is 4.74 Å². The minimum Gasteiger partial charge on any atom is -0.373 e. The smallest absolute Gasteiger partial charge is 0.0831 e. The molecule has 1 aliphatic heterocycles. The van der Waals surface area contributed by atoms with Crippen molar-refractivity contribution in [3.63, 3.8) is 0 Å². The van der Waals surface area contributed by atoms with E-state index in [2.05, 4.69) is 170 Å². The average molecular weight is 641 g/mol. The Kier molecular flexibility index (Phi) is 6.99. The van der Waals surface area contributed by atoms with Crippen molar-refractivity contribution in [3.8, 4) is 22.3 Å². The Balaban J connectivity index is 0.982. The van der Waals surface area contributed by atoms with Crippen molar-refractivity contribution in [2.75, 3.05) is 6.61 Å². The van der Waals surface area contributed by atoms with Crippen molar-refractivity contribution >= 4 is 53.9 Å². The van der Waals surface area contributed by atoms with Crippen LogP contribution in [0.1, 0.15) is 36.0 Å². The molecule has 0 radical (unpaired) electrons. The summed E-state index contributed by atoms with van der Waals surface area (Å²) in [4.78, 5) is 0. The minimum atomic E-state index is 0.0776. The fourth-order valence-electron chi connectivity index (χ4n) is 8.66. The highest BCUT2D eigenvalue weighted by Gasteiger charge is 2.27. The first-order chi connectivity index (χ1) is 24.8. The summed E-state index contributed by atoms with van der Waals surface area (Å²) in [5.41, 5.74) is 7.83. The predicted molar refractivity (Wildman–Crippen MR) is 212 cm³/mol. The molecular weight excluding hydrogens is 605 g/mol. The first-order valence-electron chi connectivity index (χ1n) is 17.8. The average Bonchev–Trinajstić information content (AvgIpc) is 3.19. The topological polar surface area (TPSA) is 9.23 Å². The molecule has 1 aliphatic rings. The lowest BCUT2D eigenvalue weighted by molar-refractivity contribution is 0.00350. The Morgan fingerprint density at radius 1 is 0.340 bits per heavy atom. The molecule has 10 rings (SSSR count). The molecule has 1 heteroatoms. The van der Waals surface area contributed by atoms with E-state index in [-0.39, 0.29) is 6.10 Å². The molecule has 0 amide bonds. The second-order valence-electron chi connectivity index (χ2n) is 13.8. The predicted octanol–water partition coefficient (Wildman–Crippen LogP) is 13.4. The minimum absolute atomic E-state index is 0.0776. The van der Waals surface area contributed by atoms with Crippen LogP contribution < -0.4 is 0 Å². The summed E-state index contributed by atoms with van der Waals surface area (Å²) in [5.74, 6) is 0.350. The molecule has 2 atom stereocenters. The fraction of sp³-hybridized carbons (Fsp3) is 0.102. The molecule has 1 heterocycles. The van der Waals surface area contributed by atoms with Crippen molar-refractivity contribution in [1.29, 1.82) is 0 Å². The number of hydrogen-bond acceptors (Lipinski definition) is 1. The van der Waals surface area contributed by atoms with Crippen LogP contribution in [0, 0.1) is 0 Å². The molecule has 0 N–H and O–H groups in total. The van der Waals surface area contributed by atoms with Crippen molar-refractivity contribution in [3.05, 3.63) is 181 Å². The van der Waals surface area contributed by atoms with Crippen LogP contribution in [0.3, 0.4) is 0 Å². The van der Waals surface area contributed by atoms with Crippen molar-refractivity contribution < 1.29 is 4.74 Å². The Hall–Kier alpha value is -5.76. The van der Waals surface area contributed by atoms with Gasteiger partial charge in [-0.1, -0.05) is 158 Å². The van der Waals surface area contributed by atoms with Gasteiger partial charge < -0.3 is 4.74 Å². The third-order valence-corrected chi connectivity index (χ3v) is 11.1. The van der Waals surface area contributed by atoms with E-state index in [1.807, 2.05) is 0 Å². The van der Waals surface area contributed by atoms with Gasteiger partial charge in [-0.15, -0.1) is 0 Å². The van der Waals surface area contributed by atoms with Crippen molar-refractivity contribution in [2.24, 2.45) is 0 Å². The molecule has 9 aromatic carbocycles. The summed E-state index contributed by atoms with van der Waals surface area (Å²) in [6, 6.07) is 62.6. The van der Waals surface area contributed by atoms with Crippen LogP contribution in [0.2, 0.25) is 0 Å². The first kappa shape index (κ1) is 29.2. The molecule has 9 aromatic rings. The number of benzene rings is 9. The van der Waals surface area contributed by atoms with Gasteiger partial charge in [0.15, 0.2) is 0 Å². The number of hydrogen-bond donors (Lipinski definition) is 0. The molecule has 50 heavy (non-hydrogen) atoms. The van der Waals surface area contributed by atoms with Gasteiger partial charge in [-0.05, 0) is 112 Å². The van der Waals surface area contributed by atoms with Crippen LogP contribution >= 0.6 is 0 Å². The van der Waals surface area contributed by atoms with E-state index in [9.17, 15) is 0 Å². The van der Waals surface area contributed by atoms with Crippen LogP contribution in [0.5, 0.6) is 0 Å². The van der Waals surface area contributed by atoms with Gasteiger partial charge in [0.2, 0.25) is 0 Å². The molecule has 0 aliphatic carbocycles. The third kappa shape index (κ3) is 4.81. The standard InChI is InChI=1S/C49H36O/c1-2-13-34-30-48-35(29-33(34)12-1)15-10-22-44(48)46-25-24-38(39-17-5-6-18-41(39)46)36-23-28-49(50-31-36)47-27-26-45(42-19-7-8-20-43(42)47)40-21-9-14-32-11-3-4-16-37(32)40/h1-22,24-27,29-30,36,49H,23,28,31H2. The van der Waals surface area contributed by atoms with Gasteiger partial charge in [0.05, 0.1) is 12.7 Å². The van der Waals surface area contributed by atoms with E-state index in [0.29, 0.717) is 12.5 Å². The highest BCUT2D eigenvalue weighted by molar-refractivity contribution is 6.10. The zero-order valence-corrected chi connectivity index (χ0v) is 27.9. The van der Waals surface area contributed by atoms with Gasteiger partial charge in [-0.3, -0.25) is 0 Å². The number of ether oxygens (including phenoxy) is 1. The normalized spacial score (nSPS) is 16.5. The van der Waals surface area contributed by atoms with E-state index < -0.39 is 0 Å². The maximum absolute atomic E-state index is 6.82. The van der Waals surface area contributed by atoms with Crippen molar-refractivity contribution in [1.82, 2.24) is 0 Å². The van der Waals surface area contributed by atoms with Crippen molar-refractivity contribution in [2.45, 2.75) is 24.9 Å². The summed E-state index contributed by atoms with van der Waals surface area (Å²) < 4.78 is 6.82. The lowest BCUT2D eigenvalue weighted by Crippen LogP contribution is -2.20. The largest absolute Gasteiger partial charge is 0.373 e. The second kappa shape index (κ2) is 12.0. The molecule has 0 aromatic heterocycles. The van der Waals surface area contributed by atoms with E-state index in [1.54, 1.807) is 0 Å². The summed E-state index contributed by atoms with van der Waals surface area (Å²) in [6.45, 7) is 0.716. The van der Waals surface area contributed by atoms with Gasteiger partial charge in [0, 0.05) is 5.92 Å². The van der Waals surface area contributed by atoms with Crippen LogP contribution in [0.25, 0.3) is 76.1 Å². The number of rotatable bonds is 4. The molecule has 1 fully saturated rings. The Morgan fingerprint density at radius 2 is 0.840 bits per heavy atom. The van der Waals surface area contributed by atoms with Gasteiger partial charge in [0.1, 0.15) is 0 Å². The third-order valence-electron chi connectivity index (χ3n) is 11.1. The monoisotopic (exact) mass is 640 g/mol. The molecular formula is C49H36O. The van der Waals surface area contributed by atoms with E-state index in [4.69, 9.17) is 4.74 Å². The first-order valence-corrected chi connectivity index (χ1v) is 17.8. The molecule has 2 unspecified atom stereocenters. The Labute approximate surface area is 292 Å². The second-order valence-corrected chi connectivity index (χ2v) is 13.8. The van der Waals surface area contributed by atoms with Crippen LogP contribution in [0.15, 0.2) is 170 Å². The van der Waals surface area contributed by atoms with Crippen LogP contribution in [0.4, 0.5) is 0 Å². The Bertz CT molecular complexity index is 2720. The van der Waals surface area contributed by atoms with E-state index >= 15 is 0 Å².